The van der Waals surface area contributed by atoms with Crippen molar-refractivity contribution in [2.75, 3.05) is 7.11 Å². The van der Waals surface area contributed by atoms with Crippen molar-refractivity contribution >= 4 is 5.97 Å². The molecule has 1 aliphatic carbocycles. The van der Waals surface area contributed by atoms with E-state index in [4.69, 9.17) is 9.47 Å². The van der Waals surface area contributed by atoms with Gasteiger partial charge in [-0.1, -0.05) is 19.1 Å². The number of carbonyl (C=O) groups excluding carboxylic acids is 1. The number of carbonyl (C=O) groups is 1. The van der Waals surface area contributed by atoms with Crippen LogP contribution in [0.3, 0.4) is 0 Å². The fraction of sp³-hybridized carbons (Fsp3) is 0.632. The zero-order valence-electron chi connectivity index (χ0n) is 14.4. The van der Waals surface area contributed by atoms with Crippen LogP contribution in [0.2, 0.25) is 0 Å². The van der Waals surface area contributed by atoms with Crippen LogP contribution in [0.5, 0.6) is 5.75 Å². The summed E-state index contributed by atoms with van der Waals surface area (Å²) in [6.07, 6.45) is 3.83. The van der Waals surface area contributed by atoms with Crippen molar-refractivity contribution < 1.29 is 14.3 Å². The molecule has 2 rings (SSSR count). The van der Waals surface area contributed by atoms with Gasteiger partial charge in [-0.05, 0) is 70.1 Å². The number of rotatable bonds is 3. The smallest absolute Gasteiger partial charge is 0.317 e. The Morgan fingerprint density at radius 1 is 1.14 bits per heavy atom. The Morgan fingerprint density at radius 3 is 2.14 bits per heavy atom. The van der Waals surface area contributed by atoms with Gasteiger partial charge < -0.3 is 9.47 Å². The van der Waals surface area contributed by atoms with Gasteiger partial charge in [0, 0.05) is 0 Å². The van der Waals surface area contributed by atoms with E-state index in [0.29, 0.717) is 5.92 Å². The Balaban J connectivity index is 2.34. The average molecular weight is 304 g/mol. The van der Waals surface area contributed by atoms with E-state index in [9.17, 15) is 4.79 Å². The second-order valence-corrected chi connectivity index (χ2v) is 7.50. The minimum Gasteiger partial charge on any atom is -0.497 e. The minimum absolute atomic E-state index is 0.0860. The van der Waals surface area contributed by atoms with Gasteiger partial charge >= 0.3 is 5.97 Å². The predicted molar refractivity (Wildman–Crippen MR) is 88.1 cm³/mol. The predicted octanol–water partition coefficient (Wildman–Crippen LogP) is 4.48. The standard InChI is InChI=1S/C19H28O3/c1-14-10-12-19(13-11-14,17(20)22-18(2,3)4)15-6-8-16(21-5)9-7-15/h6-9,14H,10-13H2,1-5H3. The molecular formula is C19H28O3. The normalized spacial score (nSPS) is 25.6. The van der Waals surface area contributed by atoms with Crippen molar-refractivity contribution in [2.45, 2.75) is 64.4 Å². The highest BCUT2D eigenvalue weighted by atomic mass is 16.6. The number of ether oxygens (including phenoxy) is 2. The lowest BCUT2D eigenvalue weighted by Crippen LogP contribution is -2.43. The topological polar surface area (TPSA) is 35.5 Å². The third-order valence-corrected chi connectivity index (χ3v) is 4.56. The van der Waals surface area contributed by atoms with Gasteiger partial charge in [0.2, 0.25) is 0 Å². The van der Waals surface area contributed by atoms with Crippen LogP contribution in [0.15, 0.2) is 24.3 Å². The Hall–Kier alpha value is -1.51. The van der Waals surface area contributed by atoms with E-state index >= 15 is 0 Å². The molecule has 0 amide bonds. The summed E-state index contributed by atoms with van der Waals surface area (Å²) in [5, 5.41) is 0. The molecule has 3 heteroatoms. The molecule has 0 N–H and O–H groups in total. The zero-order chi connectivity index (χ0) is 16.4. The van der Waals surface area contributed by atoms with Crippen molar-refractivity contribution in [3.8, 4) is 5.75 Å². The molecule has 0 aliphatic heterocycles. The Kier molecular flexibility index (Phi) is 4.84. The van der Waals surface area contributed by atoms with Crippen molar-refractivity contribution in [1.82, 2.24) is 0 Å². The monoisotopic (exact) mass is 304 g/mol. The van der Waals surface area contributed by atoms with Gasteiger partial charge in [0.15, 0.2) is 0 Å². The fourth-order valence-corrected chi connectivity index (χ4v) is 3.15. The molecule has 0 heterocycles. The van der Waals surface area contributed by atoms with E-state index < -0.39 is 11.0 Å². The van der Waals surface area contributed by atoms with E-state index in [-0.39, 0.29) is 5.97 Å². The average Bonchev–Trinajstić information content (AvgIpc) is 2.46. The zero-order valence-corrected chi connectivity index (χ0v) is 14.4. The molecule has 22 heavy (non-hydrogen) atoms. The van der Waals surface area contributed by atoms with Gasteiger partial charge in [-0.25, -0.2) is 0 Å². The third-order valence-electron chi connectivity index (χ3n) is 4.56. The lowest BCUT2D eigenvalue weighted by molar-refractivity contribution is -0.164. The summed E-state index contributed by atoms with van der Waals surface area (Å²) in [5.41, 5.74) is 0.0838. The largest absolute Gasteiger partial charge is 0.497 e. The molecule has 0 radical (unpaired) electrons. The van der Waals surface area contributed by atoms with Crippen LogP contribution in [0.4, 0.5) is 0 Å². The van der Waals surface area contributed by atoms with E-state index in [1.165, 1.54) is 0 Å². The van der Waals surface area contributed by atoms with Gasteiger partial charge in [0.25, 0.3) is 0 Å². The van der Waals surface area contributed by atoms with E-state index in [1.54, 1.807) is 7.11 Å². The first-order valence-corrected chi connectivity index (χ1v) is 8.15. The summed E-state index contributed by atoms with van der Waals surface area (Å²) in [7, 11) is 1.65. The van der Waals surface area contributed by atoms with Gasteiger partial charge in [-0.2, -0.15) is 0 Å². The summed E-state index contributed by atoms with van der Waals surface area (Å²) in [4.78, 5) is 12.9. The molecule has 1 fully saturated rings. The van der Waals surface area contributed by atoms with Crippen LogP contribution in [0.25, 0.3) is 0 Å². The number of esters is 1. The number of hydrogen-bond donors (Lipinski definition) is 0. The number of hydrogen-bond acceptors (Lipinski definition) is 3. The van der Waals surface area contributed by atoms with E-state index in [2.05, 4.69) is 6.92 Å². The summed E-state index contributed by atoms with van der Waals surface area (Å²) in [6.45, 7) is 8.04. The molecule has 1 aromatic carbocycles. The highest BCUT2D eigenvalue weighted by molar-refractivity contribution is 5.83. The van der Waals surface area contributed by atoms with E-state index in [0.717, 1.165) is 37.0 Å². The summed E-state index contributed by atoms with van der Waals surface area (Å²) < 4.78 is 11.0. The highest BCUT2D eigenvalue weighted by Crippen LogP contribution is 2.43. The summed E-state index contributed by atoms with van der Waals surface area (Å²) in [5.74, 6) is 1.40. The molecule has 1 aliphatic rings. The summed E-state index contributed by atoms with van der Waals surface area (Å²) in [6, 6.07) is 7.89. The molecule has 0 bridgehead atoms. The van der Waals surface area contributed by atoms with Crippen molar-refractivity contribution in [3.05, 3.63) is 29.8 Å². The minimum atomic E-state index is -0.508. The van der Waals surface area contributed by atoms with Crippen LogP contribution in [-0.2, 0) is 14.9 Å². The van der Waals surface area contributed by atoms with Crippen LogP contribution >= 0.6 is 0 Å². The molecule has 3 nitrogen and oxygen atoms in total. The molecule has 0 unspecified atom stereocenters. The number of methoxy groups -OCH3 is 1. The first kappa shape index (κ1) is 16.9. The van der Waals surface area contributed by atoms with Crippen molar-refractivity contribution in [1.29, 1.82) is 0 Å². The molecule has 0 spiro atoms. The van der Waals surface area contributed by atoms with Crippen molar-refractivity contribution in [2.24, 2.45) is 5.92 Å². The Morgan fingerprint density at radius 2 is 1.68 bits per heavy atom. The molecule has 1 saturated carbocycles. The Bertz CT molecular complexity index is 502. The van der Waals surface area contributed by atoms with Gasteiger partial charge in [0.1, 0.15) is 11.4 Å². The molecular weight excluding hydrogens is 276 g/mol. The second kappa shape index (κ2) is 6.31. The molecule has 122 valence electrons. The maximum absolute atomic E-state index is 12.9. The number of benzene rings is 1. The lowest BCUT2D eigenvalue weighted by Gasteiger charge is -2.39. The van der Waals surface area contributed by atoms with Crippen molar-refractivity contribution in [3.63, 3.8) is 0 Å². The summed E-state index contributed by atoms with van der Waals surface area (Å²) >= 11 is 0. The SMILES string of the molecule is COc1ccc(C2(C(=O)OC(C)(C)C)CCC(C)CC2)cc1. The van der Waals surface area contributed by atoms with Gasteiger partial charge in [0.05, 0.1) is 12.5 Å². The Labute approximate surface area is 134 Å². The van der Waals surface area contributed by atoms with Crippen LogP contribution in [-0.4, -0.2) is 18.7 Å². The third kappa shape index (κ3) is 3.63. The van der Waals surface area contributed by atoms with Gasteiger partial charge in [-0.3, -0.25) is 4.79 Å². The molecule has 0 aromatic heterocycles. The van der Waals surface area contributed by atoms with Crippen LogP contribution < -0.4 is 4.74 Å². The molecule has 0 atom stereocenters. The van der Waals surface area contributed by atoms with Crippen LogP contribution in [0.1, 0.15) is 58.9 Å². The van der Waals surface area contributed by atoms with Crippen LogP contribution in [0, 0.1) is 5.92 Å². The maximum atomic E-state index is 12.9. The second-order valence-electron chi connectivity index (χ2n) is 7.50. The van der Waals surface area contributed by atoms with Gasteiger partial charge in [-0.15, -0.1) is 0 Å². The first-order chi connectivity index (χ1) is 10.3. The molecule has 0 saturated heterocycles. The first-order valence-electron chi connectivity index (χ1n) is 8.15. The van der Waals surface area contributed by atoms with E-state index in [1.807, 2.05) is 45.0 Å². The fourth-order valence-electron chi connectivity index (χ4n) is 3.15. The quantitative estimate of drug-likeness (QED) is 0.772. The highest BCUT2D eigenvalue weighted by Gasteiger charge is 2.45. The molecule has 1 aromatic rings. The lowest BCUT2D eigenvalue weighted by atomic mass is 9.67. The maximum Gasteiger partial charge on any atom is 0.317 e.